The molecule has 0 spiro atoms. The van der Waals surface area contributed by atoms with Crippen LogP contribution in [0.25, 0.3) is 0 Å². The molecule has 1 rings (SSSR count). The molecule has 0 saturated carbocycles. The molecular weight excluding hydrogens is 394 g/mol. The van der Waals surface area contributed by atoms with Gasteiger partial charge in [0.2, 0.25) is 0 Å². The maximum absolute atomic E-state index is 9.34. The van der Waals surface area contributed by atoms with Crippen molar-refractivity contribution in [2.75, 3.05) is 19.8 Å². The summed E-state index contributed by atoms with van der Waals surface area (Å²) in [6.45, 7) is 3.85. The molecule has 2 atom stereocenters. The van der Waals surface area contributed by atoms with E-state index in [0.29, 0.717) is 11.8 Å². The van der Waals surface area contributed by atoms with Crippen molar-refractivity contribution in [1.82, 2.24) is 5.32 Å². The number of rotatable bonds is 19. The van der Waals surface area contributed by atoms with E-state index in [9.17, 15) is 5.11 Å². The Morgan fingerprint density at radius 1 is 0.867 bits per heavy atom. The monoisotopic (exact) mass is 443 g/mol. The van der Waals surface area contributed by atoms with Crippen LogP contribution in [-0.4, -0.2) is 42.2 Å². The van der Waals surface area contributed by atoms with E-state index in [0.717, 1.165) is 25.8 Å². The van der Waals surface area contributed by atoms with Crippen LogP contribution in [0.3, 0.4) is 0 Å². The summed E-state index contributed by atoms with van der Waals surface area (Å²) < 4.78 is 11.3. The lowest BCUT2D eigenvalue weighted by Gasteiger charge is -2.30. The molecule has 178 valence electrons. The second-order valence-corrected chi connectivity index (χ2v) is 9.28. The summed E-state index contributed by atoms with van der Waals surface area (Å²) >= 11 is 5.28. The molecule has 1 saturated heterocycles. The number of aliphatic hydroxyl groups excluding tert-OH is 1. The Morgan fingerprint density at radius 2 is 1.37 bits per heavy atom. The molecule has 0 aromatic heterocycles. The van der Waals surface area contributed by atoms with Crippen LogP contribution in [0.5, 0.6) is 0 Å². The average molecular weight is 444 g/mol. The predicted octanol–water partition coefficient (Wildman–Crippen LogP) is 6.68. The standard InChI is InChI=1S/C25H49NO3S/c1-2-3-4-5-6-7-8-9-10-11-12-13-14-15-16-17-20-26-25(30)29-23-19-18-21-28-24(23)22-27/h23-24,27H,2-22H2,1H3,(H,26,30)/t23-,24-/m0/s1. The highest BCUT2D eigenvalue weighted by atomic mass is 32.1. The Bertz CT molecular complexity index is 395. The zero-order valence-corrected chi connectivity index (χ0v) is 20.5. The van der Waals surface area contributed by atoms with Crippen LogP contribution in [-0.2, 0) is 9.47 Å². The van der Waals surface area contributed by atoms with Crippen LogP contribution >= 0.6 is 12.2 Å². The lowest BCUT2D eigenvalue weighted by Crippen LogP contribution is -2.42. The molecule has 4 nitrogen and oxygen atoms in total. The van der Waals surface area contributed by atoms with Crippen molar-refractivity contribution in [3.63, 3.8) is 0 Å². The van der Waals surface area contributed by atoms with Crippen molar-refractivity contribution < 1.29 is 14.6 Å². The lowest BCUT2D eigenvalue weighted by atomic mass is 10.0. The van der Waals surface area contributed by atoms with E-state index in [1.165, 1.54) is 96.3 Å². The zero-order valence-electron chi connectivity index (χ0n) is 19.7. The van der Waals surface area contributed by atoms with Gasteiger partial charge in [0.05, 0.1) is 6.61 Å². The second kappa shape index (κ2) is 20.5. The van der Waals surface area contributed by atoms with E-state index in [-0.39, 0.29) is 18.8 Å². The first-order valence-electron chi connectivity index (χ1n) is 12.9. The number of nitrogens with one attached hydrogen (secondary N) is 1. The molecule has 0 radical (unpaired) electrons. The van der Waals surface area contributed by atoms with Gasteiger partial charge in [0, 0.05) is 13.2 Å². The fourth-order valence-corrected chi connectivity index (χ4v) is 4.39. The first kappa shape index (κ1) is 27.6. The van der Waals surface area contributed by atoms with E-state index in [2.05, 4.69) is 12.2 Å². The van der Waals surface area contributed by atoms with Crippen LogP contribution in [0.4, 0.5) is 0 Å². The number of hydrogen-bond acceptors (Lipinski definition) is 4. The highest BCUT2D eigenvalue weighted by Gasteiger charge is 2.27. The summed E-state index contributed by atoms with van der Waals surface area (Å²) in [6, 6.07) is 0. The van der Waals surface area contributed by atoms with Gasteiger partial charge >= 0.3 is 0 Å². The van der Waals surface area contributed by atoms with E-state index in [1.54, 1.807) is 0 Å². The quantitative estimate of drug-likeness (QED) is 0.172. The molecule has 0 bridgehead atoms. The number of hydrogen-bond donors (Lipinski definition) is 2. The fraction of sp³-hybridized carbons (Fsp3) is 0.960. The number of unbranched alkanes of at least 4 members (excludes halogenated alkanes) is 15. The van der Waals surface area contributed by atoms with Crippen molar-refractivity contribution in [2.45, 2.75) is 135 Å². The first-order chi connectivity index (χ1) is 14.8. The van der Waals surface area contributed by atoms with Gasteiger partial charge in [0.1, 0.15) is 12.2 Å². The van der Waals surface area contributed by atoms with Crippen molar-refractivity contribution in [3.8, 4) is 0 Å². The molecule has 5 heteroatoms. The molecule has 1 aliphatic heterocycles. The average Bonchev–Trinajstić information content (AvgIpc) is 2.76. The third-order valence-electron chi connectivity index (χ3n) is 6.12. The summed E-state index contributed by atoms with van der Waals surface area (Å²) in [5.41, 5.74) is 0. The Hall–Kier alpha value is -0.390. The fourth-order valence-electron chi connectivity index (χ4n) is 4.16. The highest BCUT2D eigenvalue weighted by Crippen LogP contribution is 2.17. The highest BCUT2D eigenvalue weighted by molar-refractivity contribution is 7.80. The van der Waals surface area contributed by atoms with Gasteiger partial charge in [-0.05, 0) is 31.5 Å². The second-order valence-electron chi connectivity index (χ2n) is 8.91. The number of ether oxygens (including phenoxy) is 2. The Labute approximate surface area is 191 Å². The van der Waals surface area contributed by atoms with Crippen LogP contribution in [0.15, 0.2) is 0 Å². The Balaban J connectivity index is 1.78. The summed E-state index contributed by atoms with van der Waals surface area (Å²) in [5, 5.41) is 13.0. The minimum atomic E-state index is -0.242. The molecule has 1 aliphatic rings. The molecule has 1 fully saturated rings. The third kappa shape index (κ3) is 15.4. The van der Waals surface area contributed by atoms with Crippen molar-refractivity contribution in [2.24, 2.45) is 0 Å². The topological polar surface area (TPSA) is 50.7 Å². The summed E-state index contributed by atoms with van der Waals surface area (Å²) in [5.74, 6) is 0. The van der Waals surface area contributed by atoms with Gasteiger partial charge in [-0.3, -0.25) is 0 Å². The van der Waals surface area contributed by atoms with E-state index < -0.39 is 0 Å². The van der Waals surface area contributed by atoms with Gasteiger partial charge in [-0.1, -0.05) is 103 Å². The minimum Gasteiger partial charge on any atom is -0.465 e. The van der Waals surface area contributed by atoms with Crippen molar-refractivity contribution in [3.05, 3.63) is 0 Å². The first-order valence-corrected chi connectivity index (χ1v) is 13.4. The van der Waals surface area contributed by atoms with Crippen molar-refractivity contribution >= 4 is 17.4 Å². The Morgan fingerprint density at radius 3 is 1.87 bits per heavy atom. The molecular formula is C25H49NO3S. The van der Waals surface area contributed by atoms with Crippen LogP contribution < -0.4 is 5.32 Å². The van der Waals surface area contributed by atoms with Gasteiger partial charge in [-0.2, -0.15) is 0 Å². The number of thiocarbonyl (C=S) groups is 1. The molecule has 30 heavy (non-hydrogen) atoms. The maximum Gasteiger partial charge on any atom is 0.256 e. The molecule has 0 aliphatic carbocycles. The van der Waals surface area contributed by atoms with Gasteiger partial charge in [0.25, 0.3) is 5.17 Å². The molecule has 1 heterocycles. The molecule has 0 unspecified atom stereocenters. The summed E-state index contributed by atoms with van der Waals surface area (Å²) in [4.78, 5) is 0. The summed E-state index contributed by atoms with van der Waals surface area (Å²) in [7, 11) is 0. The van der Waals surface area contributed by atoms with Gasteiger partial charge < -0.3 is 19.9 Å². The van der Waals surface area contributed by atoms with Gasteiger partial charge in [-0.15, -0.1) is 0 Å². The number of aliphatic hydroxyl groups is 1. The minimum absolute atomic E-state index is 0.00753. The molecule has 0 aromatic rings. The smallest absolute Gasteiger partial charge is 0.256 e. The maximum atomic E-state index is 9.34. The molecule has 0 aromatic carbocycles. The van der Waals surface area contributed by atoms with Gasteiger partial charge in [-0.25, -0.2) is 0 Å². The SMILES string of the molecule is CCCCCCCCCCCCCCCCCCNC(=S)O[C@H]1CCCO[C@H]1CO. The predicted molar refractivity (Wildman–Crippen MR) is 131 cm³/mol. The van der Waals surface area contributed by atoms with E-state index >= 15 is 0 Å². The van der Waals surface area contributed by atoms with Crippen LogP contribution in [0, 0.1) is 0 Å². The van der Waals surface area contributed by atoms with Gasteiger partial charge in [0.15, 0.2) is 0 Å². The summed E-state index contributed by atoms with van der Waals surface area (Å²) in [6.07, 6.45) is 23.6. The van der Waals surface area contributed by atoms with E-state index in [1.807, 2.05) is 0 Å². The third-order valence-corrected chi connectivity index (χ3v) is 6.36. The molecule has 0 amide bonds. The normalized spacial score (nSPS) is 19.0. The molecule has 2 N–H and O–H groups in total. The van der Waals surface area contributed by atoms with Crippen molar-refractivity contribution in [1.29, 1.82) is 0 Å². The Kier molecular flexibility index (Phi) is 18.9. The largest absolute Gasteiger partial charge is 0.465 e. The zero-order chi connectivity index (χ0) is 21.7. The van der Waals surface area contributed by atoms with E-state index in [4.69, 9.17) is 21.7 Å². The van der Waals surface area contributed by atoms with Crippen LogP contribution in [0.2, 0.25) is 0 Å². The lowest BCUT2D eigenvalue weighted by molar-refractivity contribution is -0.0889. The van der Waals surface area contributed by atoms with Crippen LogP contribution in [0.1, 0.15) is 122 Å².